The standard InChI is InChI=1S/C19H26N4OS/c1-15-6-4-5-9-23(15)18(24)14-21-10-12-22(13-11-21)19-20-16-7-2-3-8-17(16)25-19/h2-3,7-8,15H,4-6,9-14H2,1H3/t15-/m0/s1. The van der Waals surface area contributed by atoms with Gasteiger partial charge in [0.2, 0.25) is 5.91 Å². The number of nitrogens with zero attached hydrogens (tertiary/aromatic N) is 4. The Morgan fingerprint density at radius 1 is 1.16 bits per heavy atom. The van der Waals surface area contributed by atoms with Crippen LogP contribution in [0, 0.1) is 0 Å². The summed E-state index contributed by atoms with van der Waals surface area (Å²) in [6, 6.07) is 8.71. The first-order valence-corrected chi connectivity index (χ1v) is 10.1. The number of amides is 1. The van der Waals surface area contributed by atoms with E-state index in [0.717, 1.165) is 56.2 Å². The Labute approximate surface area is 153 Å². The van der Waals surface area contributed by atoms with E-state index in [1.807, 2.05) is 6.07 Å². The van der Waals surface area contributed by atoms with E-state index in [9.17, 15) is 4.79 Å². The molecule has 5 nitrogen and oxygen atoms in total. The lowest BCUT2D eigenvalue weighted by molar-refractivity contribution is -0.135. The van der Waals surface area contributed by atoms with Crippen LogP contribution in [-0.4, -0.2) is 66.0 Å². The Kier molecular flexibility index (Phi) is 4.90. The number of likely N-dealkylation sites (tertiary alicyclic amines) is 1. The summed E-state index contributed by atoms with van der Waals surface area (Å²) in [7, 11) is 0. The number of thiazole rings is 1. The van der Waals surface area contributed by atoms with Crippen LogP contribution in [0.3, 0.4) is 0 Å². The Bertz CT molecular complexity index is 705. The fourth-order valence-corrected chi connectivity index (χ4v) is 4.86. The minimum atomic E-state index is 0.306. The van der Waals surface area contributed by atoms with E-state index in [0.29, 0.717) is 18.5 Å². The van der Waals surface area contributed by atoms with Gasteiger partial charge in [-0.25, -0.2) is 4.98 Å². The largest absolute Gasteiger partial charge is 0.345 e. The van der Waals surface area contributed by atoms with Crippen LogP contribution in [0.2, 0.25) is 0 Å². The van der Waals surface area contributed by atoms with Crippen molar-refractivity contribution in [3.05, 3.63) is 24.3 Å². The van der Waals surface area contributed by atoms with E-state index in [4.69, 9.17) is 4.98 Å². The molecule has 1 aromatic carbocycles. The minimum Gasteiger partial charge on any atom is -0.345 e. The summed E-state index contributed by atoms with van der Waals surface area (Å²) in [6.45, 7) is 7.45. The van der Waals surface area contributed by atoms with Gasteiger partial charge in [0.15, 0.2) is 5.13 Å². The summed E-state index contributed by atoms with van der Waals surface area (Å²) < 4.78 is 1.24. The Hall–Kier alpha value is -1.66. The monoisotopic (exact) mass is 358 g/mol. The highest BCUT2D eigenvalue weighted by Crippen LogP contribution is 2.29. The van der Waals surface area contributed by atoms with Gasteiger partial charge < -0.3 is 9.80 Å². The van der Waals surface area contributed by atoms with Crippen LogP contribution in [0.25, 0.3) is 10.2 Å². The van der Waals surface area contributed by atoms with Crippen molar-refractivity contribution >= 4 is 32.6 Å². The lowest BCUT2D eigenvalue weighted by Gasteiger charge is -2.38. The summed E-state index contributed by atoms with van der Waals surface area (Å²) in [5.74, 6) is 0.306. The number of carbonyl (C=O) groups is 1. The van der Waals surface area contributed by atoms with E-state index in [1.165, 1.54) is 11.1 Å². The molecular formula is C19H26N4OS. The molecule has 1 atom stereocenters. The number of para-hydroxylation sites is 1. The van der Waals surface area contributed by atoms with Gasteiger partial charge >= 0.3 is 0 Å². The highest BCUT2D eigenvalue weighted by Gasteiger charge is 2.26. The number of benzene rings is 1. The van der Waals surface area contributed by atoms with Gasteiger partial charge in [-0.3, -0.25) is 9.69 Å². The fraction of sp³-hybridized carbons (Fsp3) is 0.579. The third kappa shape index (κ3) is 3.65. The van der Waals surface area contributed by atoms with Crippen molar-refractivity contribution in [2.24, 2.45) is 0 Å². The predicted octanol–water partition coefficient (Wildman–Crippen LogP) is 2.82. The van der Waals surface area contributed by atoms with Crippen molar-refractivity contribution in [3.63, 3.8) is 0 Å². The lowest BCUT2D eigenvalue weighted by Crippen LogP contribution is -2.52. The zero-order valence-corrected chi connectivity index (χ0v) is 15.7. The summed E-state index contributed by atoms with van der Waals surface area (Å²) in [6.07, 6.45) is 3.56. The third-order valence-corrected chi connectivity index (χ3v) is 6.50. The Balaban J connectivity index is 1.32. The van der Waals surface area contributed by atoms with Gasteiger partial charge in [-0.15, -0.1) is 0 Å². The summed E-state index contributed by atoms with van der Waals surface area (Å²) in [4.78, 5) is 24.1. The Morgan fingerprint density at radius 3 is 2.72 bits per heavy atom. The number of carbonyl (C=O) groups excluding carboxylic acids is 1. The molecule has 25 heavy (non-hydrogen) atoms. The molecule has 0 saturated carbocycles. The first kappa shape index (κ1) is 16.8. The second-order valence-corrected chi connectivity index (χ2v) is 8.17. The number of anilines is 1. The first-order valence-electron chi connectivity index (χ1n) is 9.33. The van der Waals surface area contributed by atoms with E-state index in [2.05, 4.69) is 39.8 Å². The predicted molar refractivity (Wildman–Crippen MR) is 103 cm³/mol. The second kappa shape index (κ2) is 7.30. The molecule has 4 rings (SSSR count). The molecule has 0 radical (unpaired) electrons. The van der Waals surface area contributed by atoms with Crippen molar-refractivity contribution < 1.29 is 4.79 Å². The van der Waals surface area contributed by atoms with Crippen LogP contribution >= 0.6 is 11.3 Å². The molecule has 1 aromatic heterocycles. The maximum absolute atomic E-state index is 12.6. The fourth-order valence-electron chi connectivity index (χ4n) is 3.84. The smallest absolute Gasteiger partial charge is 0.236 e. The summed E-state index contributed by atoms with van der Waals surface area (Å²) in [5.41, 5.74) is 1.08. The van der Waals surface area contributed by atoms with Gasteiger partial charge in [0.25, 0.3) is 0 Å². The molecule has 0 unspecified atom stereocenters. The van der Waals surface area contributed by atoms with Crippen LogP contribution in [0.1, 0.15) is 26.2 Å². The molecule has 134 valence electrons. The zero-order valence-electron chi connectivity index (χ0n) is 14.9. The molecule has 3 heterocycles. The van der Waals surface area contributed by atoms with Crippen molar-refractivity contribution in [1.29, 1.82) is 0 Å². The van der Waals surface area contributed by atoms with E-state index >= 15 is 0 Å². The van der Waals surface area contributed by atoms with Gasteiger partial charge in [0.05, 0.1) is 16.8 Å². The maximum Gasteiger partial charge on any atom is 0.236 e. The van der Waals surface area contributed by atoms with Crippen LogP contribution in [0.4, 0.5) is 5.13 Å². The second-order valence-electron chi connectivity index (χ2n) is 7.16. The third-order valence-electron chi connectivity index (χ3n) is 5.41. The molecule has 0 N–H and O–H groups in total. The van der Waals surface area contributed by atoms with E-state index in [-0.39, 0.29) is 0 Å². The molecular weight excluding hydrogens is 332 g/mol. The number of piperidine rings is 1. The van der Waals surface area contributed by atoms with E-state index in [1.54, 1.807) is 11.3 Å². The molecule has 0 aliphatic carbocycles. The molecule has 2 aliphatic rings. The summed E-state index contributed by atoms with van der Waals surface area (Å²) in [5, 5.41) is 1.11. The number of aromatic nitrogens is 1. The van der Waals surface area contributed by atoms with Gasteiger partial charge in [0.1, 0.15) is 0 Å². The molecule has 2 aliphatic heterocycles. The first-order chi connectivity index (χ1) is 12.2. The SMILES string of the molecule is C[C@H]1CCCCN1C(=O)CN1CCN(c2nc3ccccc3s2)CC1. The van der Waals surface area contributed by atoms with Gasteiger partial charge in [0, 0.05) is 38.8 Å². The number of hydrogen-bond acceptors (Lipinski definition) is 5. The van der Waals surface area contributed by atoms with Gasteiger partial charge in [-0.05, 0) is 38.3 Å². The van der Waals surface area contributed by atoms with Crippen molar-refractivity contribution in [3.8, 4) is 0 Å². The maximum atomic E-state index is 12.6. The van der Waals surface area contributed by atoms with Crippen LogP contribution in [0.5, 0.6) is 0 Å². The normalized spacial score (nSPS) is 22.5. The highest BCUT2D eigenvalue weighted by molar-refractivity contribution is 7.22. The van der Waals surface area contributed by atoms with Crippen LogP contribution in [-0.2, 0) is 4.79 Å². The summed E-state index contributed by atoms with van der Waals surface area (Å²) >= 11 is 1.76. The molecule has 0 bridgehead atoms. The highest BCUT2D eigenvalue weighted by atomic mass is 32.1. The van der Waals surface area contributed by atoms with Crippen molar-refractivity contribution in [2.45, 2.75) is 32.2 Å². The quantitative estimate of drug-likeness (QED) is 0.846. The minimum absolute atomic E-state index is 0.306. The van der Waals surface area contributed by atoms with Crippen LogP contribution < -0.4 is 4.90 Å². The number of fused-ring (bicyclic) bond motifs is 1. The Morgan fingerprint density at radius 2 is 1.96 bits per heavy atom. The van der Waals surface area contributed by atoms with Crippen LogP contribution in [0.15, 0.2) is 24.3 Å². The molecule has 2 fully saturated rings. The molecule has 0 spiro atoms. The topological polar surface area (TPSA) is 39.7 Å². The molecule has 2 aromatic rings. The number of piperazine rings is 1. The van der Waals surface area contributed by atoms with Crippen molar-refractivity contribution in [1.82, 2.24) is 14.8 Å². The zero-order chi connectivity index (χ0) is 17.2. The molecule has 2 saturated heterocycles. The van der Waals surface area contributed by atoms with Gasteiger partial charge in [-0.1, -0.05) is 23.5 Å². The molecule has 1 amide bonds. The average molecular weight is 359 g/mol. The average Bonchev–Trinajstić information content (AvgIpc) is 3.07. The number of rotatable bonds is 3. The number of hydrogen-bond donors (Lipinski definition) is 0. The van der Waals surface area contributed by atoms with Gasteiger partial charge in [-0.2, -0.15) is 0 Å². The molecule has 6 heteroatoms. The van der Waals surface area contributed by atoms with E-state index < -0.39 is 0 Å². The lowest BCUT2D eigenvalue weighted by atomic mass is 10.0. The van der Waals surface area contributed by atoms with Crippen molar-refractivity contribution in [2.75, 3.05) is 44.2 Å².